The minimum Gasteiger partial charge on any atom is -0.376 e. The van der Waals surface area contributed by atoms with E-state index in [1.165, 1.54) is 25.7 Å². The predicted molar refractivity (Wildman–Crippen MR) is 68.8 cm³/mol. The van der Waals surface area contributed by atoms with E-state index in [0.29, 0.717) is 6.10 Å². The quantitative estimate of drug-likeness (QED) is 0.618. The highest BCUT2D eigenvalue weighted by molar-refractivity contribution is 4.82. The maximum absolute atomic E-state index is 5.93. The lowest BCUT2D eigenvalue weighted by Gasteiger charge is -2.20. The molecule has 1 atom stereocenters. The Morgan fingerprint density at radius 2 is 2.12 bits per heavy atom. The van der Waals surface area contributed by atoms with Gasteiger partial charge in [-0.1, -0.05) is 20.3 Å². The number of nitrogens with zero attached hydrogens (tertiary/aromatic N) is 1. The van der Waals surface area contributed by atoms with Gasteiger partial charge in [0.25, 0.3) is 0 Å². The van der Waals surface area contributed by atoms with Crippen LogP contribution in [-0.4, -0.2) is 50.3 Å². The molecule has 1 N–H and O–H groups in total. The molecule has 0 radical (unpaired) electrons. The summed E-state index contributed by atoms with van der Waals surface area (Å²) in [5.41, 5.74) is 0. The van der Waals surface area contributed by atoms with Gasteiger partial charge in [0.1, 0.15) is 0 Å². The molecular formula is C13H28N2O. The van der Waals surface area contributed by atoms with Crippen LogP contribution in [0.3, 0.4) is 0 Å². The number of hydrogen-bond acceptors (Lipinski definition) is 3. The van der Waals surface area contributed by atoms with Gasteiger partial charge in [0.05, 0.1) is 12.7 Å². The Hall–Kier alpha value is -0.120. The van der Waals surface area contributed by atoms with Crippen LogP contribution < -0.4 is 5.32 Å². The molecule has 0 aliphatic heterocycles. The van der Waals surface area contributed by atoms with Gasteiger partial charge in [0.15, 0.2) is 0 Å². The molecule has 0 heterocycles. The molecule has 0 saturated heterocycles. The molecule has 1 fully saturated rings. The van der Waals surface area contributed by atoms with Crippen molar-refractivity contribution in [2.75, 3.05) is 33.3 Å². The van der Waals surface area contributed by atoms with E-state index in [1.54, 1.807) is 0 Å². The standard InChI is InChI=1S/C13H28N2O/c1-4-6-13(11-14-5-2)16-10-9-15(3)12-7-8-12/h12-14H,4-11H2,1-3H3. The molecule has 1 rings (SSSR count). The Kier molecular flexibility index (Phi) is 7.01. The number of hydrogen-bond donors (Lipinski definition) is 1. The second-order valence-electron chi connectivity index (χ2n) is 4.80. The zero-order valence-electron chi connectivity index (χ0n) is 11.2. The summed E-state index contributed by atoms with van der Waals surface area (Å²) in [7, 11) is 2.21. The molecule has 1 saturated carbocycles. The second-order valence-corrected chi connectivity index (χ2v) is 4.80. The fourth-order valence-corrected chi connectivity index (χ4v) is 1.93. The van der Waals surface area contributed by atoms with Gasteiger partial charge in [-0.3, -0.25) is 0 Å². The molecule has 0 aromatic carbocycles. The summed E-state index contributed by atoms with van der Waals surface area (Å²) in [6.45, 7) is 8.35. The van der Waals surface area contributed by atoms with Gasteiger partial charge in [-0.05, 0) is 32.9 Å². The van der Waals surface area contributed by atoms with E-state index < -0.39 is 0 Å². The van der Waals surface area contributed by atoms with Crippen LogP contribution >= 0.6 is 0 Å². The van der Waals surface area contributed by atoms with Gasteiger partial charge < -0.3 is 15.0 Å². The van der Waals surface area contributed by atoms with E-state index >= 15 is 0 Å². The summed E-state index contributed by atoms with van der Waals surface area (Å²) in [4.78, 5) is 2.43. The fraction of sp³-hybridized carbons (Fsp3) is 1.00. The highest BCUT2D eigenvalue weighted by atomic mass is 16.5. The maximum Gasteiger partial charge on any atom is 0.0700 e. The monoisotopic (exact) mass is 228 g/mol. The summed E-state index contributed by atoms with van der Waals surface area (Å²) in [6, 6.07) is 0.849. The van der Waals surface area contributed by atoms with E-state index in [0.717, 1.165) is 32.3 Å². The highest BCUT2D eigenvalue weighted by Crippen LogP contribution is 2.24. The van der Waals surface area contributed by atoms with Crippen molar-refractivity contribution >= 4 is 0 Å². The Balaban J connectivity index is 2.05. The first-order valence-corrected chi connectivity index (χ1v) is 6.80. The second kappa shape index (κ2) is 8.04. The lowest BCUT2D eigenvalue weighted by molar-refractivity contribution is 0.0351. The Morgan fingerprint density at radius 3 is 2.69 bits per heavy atom. The van der Waals surface area contributed by atoms with Gasteiger partial charge in [-0.25, -0.2) is 0 Å². The molecular weight excluding hydrogens is 200 g/mol. The van der Waals surface area contributed by atoms with Crippen molar-refractivity contribution in [3.8, 4) is 0 Å². The smallest absolute Gasteiger partial charge is 0.0700 e. The number of ether oxygens (including phenoxy) is 1. The minimum atomic E-state index is 0.401. The minimum absolute atomic E-state index is 0.401. The summed E-state index contributed by atoms with van der Waals surface area (Å²) in [5, 5.41) is 3.37. The van der Waals surface area contributed by atoms with Gasteiger partial charge in [-0.15, -0.1) is 0 Å². The van der Waals surface area contributed by atoms with Crippen LogP contribution in [0.1, 0.15) is 39.5 Å². The van der Waals surface area contributed by atoms with Crippen molar-refractivity contribution in [1.29, 1.82) is 0 Å². The van der Waals surface area contributed by atoms with Gasteiger partial charge in [0, 0.05) is 19.1 Å². The Morgan fingerprint density at radius 1 is 1.38 bits per heavy atom. The van der Waals surface area contributed by atoms with Crippen LogP contribution in [0.25, 0.3) is 0 Å². The van der Waals surface area contributed by atoms with Crippen molar-refractivity contribution in [1.82, 2.24) is 10.2 Å². The van der Waals surface area contributed by atoms with E-state index in [1.807, 2.05) is 0 Å². The third-order valence-electron chi connectivity index (χ3n) is 3.20. The van der Waals surface area contributed by atoms with E-state index in [4.69, 9.17) is 4.74 Å². The average molecular weight is 228 g/mol. The molecule has 1 aliphatic carbocycles. The average Bonchev–Trinajstić information content (AvgIpc) is 3.09. The molecule has 1 unspecified atom stereocenters. The molecule has 3 nitrogen and oxygen atoms in total. The third-order valence-corrected chi connectivity index (χ3v) is 3.20. The molecule has 0 bridgehead atoms. The van der Waals surface area contributed by atoms with E-state index in [-0.39, 0.29) is 0 Å². The SMILES string of the molecule is CCCC(CNCC)OCCN(C)C1CC1. The lowest BCUT2D eigenvalue weighted by atomic mass is 10.2. The number of nitrogens with one attached hydrogen (secondary N) is 1. The summed E-state index contributed by atoms with van der Waals surface area (Å²) in [5.74, 6) is 0. The summed E-state index contributed by atoms with van der Waals surface area (Å²) in [6.07, 6.45) is 5.53. The van der Waals surface area contributed by atoms with Gasteiger partial charge in [-0.2, -0.15) is 0 Å². The lowest BCUT2D eigenvalue weighted by Crippen LogP contribution is -2.32. The van der Waals surface area contributed by atoms with E-state index in [2.05, 4.69) is 31.1 Å². The Labute approximate surface area is 101 Å². The maximum atomic E-state index is 5.93. The molecule has 0 spiro atoms. The molecule has 3 heteroatoms. The summed E-state index contributed by atoms with van der Waals surface area (Å²) < 4.78 is 5.93. The van der Waals surface area contributed by atoms with Crippen molar-refractivity contribution < 1.29 is 4.74 Å². The molecule has 16 heavy (non-hydrogen) atoms. The first-order valence-electron chi connectivity index (χ1n) is 6.80. The number of rotatable bonds is 10. The first-order chi connectivity index (χ1) is 7.77. The molecule has 1 aliphatic rings. The van der Waals surface area contributed by atoms with Crippen LogP contribution in [0.2, 0.25) is 0 Å². The van der Waals surface area contributed by atoms with Crippen molar-refractivity contribution in [2.24, 2.45) is 0 Å². The van der Waals surface area contributed by atoms with Crippen molar-refractivity contribution in [3.63, 3.8) is 0 Å². The molecule has 0 aromatic heterocycles. The van der Waals surface area contributed by atoms with Gasteiger partial charge in [0.2, 0.25) is 0 Å². The fourth-order valence-electron chi connectivity index (χ4n) is 1.93. The molecule has 96 valence electrons. The van der Waals surface area contributed by atoms with Crippen LogP contribution in [0.4, 0.5) is 0 Å². The topological polar surface area (TPSA) is 24.5 Å². The van der Waals surface area contributed by atoms with Crippen LogP contribution in [0, 0.1) is 0 Å². The van der Waals surface area contributed by atoms with Gasteiger partial charge >= 0.3 is 0 Å². The highest BCUT2D eigenvalue weighted by Gasteiger charge is 2.25. The normalized spacial score (nSPS) is 18.0. The van der Waals surface area contributed by atoms with Crippen molar-refractivity contribution in [2.45, 2.75) is 51.7 Å². The zero-order valence-corrected chi connectivity index (χ0v) is 11.2. The van der Waals surface area contributed by atoms with E-state index in [9.17, 15) is 0 Å². The molecule has 0 aromatic rings. The third kappa shape index (κ3) is 5.83. The Bertz CT molecular complexity index is 171. The van der Waals surface area contributed by atoms with Crippen LogP contribution in [0.5, 0.6) is 0 Å². The van der Waals surface area contributed by atoms with Crippen molar-refractivity contribution in [3.05, 3.63) is 0 Å². The van der Waals surface area contributed by atoms with Crippen LogP contribution in [0.15, 0.2) is 0 Å². The van der Waals surface area contributed by atoms with Crippen LogP contribution in [-0.2, 0) is 4.74 Å². The molecule has 0 amide bonds. The largest absolute Gasteiger partial charge is 0.376 e. The number of likely N-dealkylation sites (N-methyl/N-ethyl adjacent to an activating group) is 2. The zero-order chi connectivity index (χ0) is 11.8. The first kappa shape index (κ1) is 13.9. The predicted octanol–water partition coefficient (Wildman–Crippen LogP) is 1.88. The summed E-state index contributed by atoms with van der Waals surface area (Å²) >= 11 is 0.